The van der Waals surface area contributed by atoms with Crippen molar-refractivity contribution in [3.63, 3.8) is 0 Å². The molecule has 1 atom stereocenters. The molecule has 1 heterocycles. The lowest BCUT2D eigenvalue weighted by Gasteiger charge is -2.10. The van der Waals surface area contributed by atoms with Crippen molar-refractivity contribution in [3.8, 4) is 17.1 Å². The van der Waals surface area contributed by atoms with Crippen LogP contribution in [0.2, 0.25) is 0 Å². The largest absolute Gasteiger partial charge is 0.494 e. The predicted molar refractivity (Wildman–Crippen MR) is 103 cm³/mol. The molecule has 6 nitrogen and oxygen atoms in total. The third-order valence-electron chi connectivity index (χ3n) is 3.68. The van der Waals surface area contributed by atoms with Crippen LogP contribution in [0, 0.1) is 5.82 Å². The first kappa shape index (κ1) is 18.9. The number of aromatic nitrogens is 3. The van der Waals surface area contributed by atoms with Crippen LogP contribution in [0.3, 0.4) is 0 Å². The number of carbonyl (C=O) groups is 1. The third kappa shape index (κ3) is 4.85. The number of halogens is 1. The first-order chi connectivity index (χ1) is 13.1. The minimum Gasteiger partial charge on any atom is -0.494 e. The molecule has 1 aromatic heterocycles. The van der Waals surface area contributed by atoms with Gasteiger partial charge >= 0.3 is 0 Å². The molecule has 0 aliphatic heterocycles. The van der Waals surface area contributed by atoms with Gasteiger partial charge in [0.15, 0.2) is 5.82 Å². The minimum atomic E-state index is -0.430. The molecule has 0 unspecified atom stereocenters. The molecule has 0 saturated heterocycles. The zero-order valence-corrected chi connectivity index (χ0v) is 15.7. The summed E-state index contributed by atoms with van der Waals surface area (Å²) in [4.78, 5) is 16.6. The lowest BCUT2D eigenvalue weighted by atomic mass is 10.2. The van der Waals surface area contributed by atoms with Crippen molar-refractivity contribution in [2.75, 3.05) is 11.9 Å². The van der Waals surface area contributed by atoms with Gasteiger partial charge in [0.25, 0.3) is 0 Å². The van der Waals surface area contributed by atoms with Gasteiger partial charge in [-0.3, -0.25) is 9.89 Å². The monoisotopic (exact) mass is 386 g/mol. The van der Waals surface area contributed by atoms with Gasteiger partial charge < -0.3 is 10.1 Å². The Morgan fingerprint density at radius 1 is 1.26 bits per heavy atom. The number of carbonyl (C=O) groups excluding carboxylic acids is 1. The molecule has 0 saturated carbocycles. The van der Waals surface area contributed by atoms with Gasteiger partial charge in [0.05, 0.1) is 17.4 Å². The van der Waals surface area contributed by atoms with Crippen molar-refractivity contribution in [1.29, 1.82) is 0 Å². The maximum Gasteiger partial charge on any atom is 0.237 e. The molecule has 3 rings (SSSR count). The van der Waals surface area contributed by atoms with E-state index in [4.69, 9.17) is 4.74 Å². The summed E-state index contributed by atoms with van der Waals surface area (Å²) in [5.41, 5.74) is 1.02. The lowest BCUT2D eigenvalue weighted by molar-refractivity contribution is -0.115. The van der Waals surface area contributed by atoms with E-state index in [0.29, 0.717) is 28.8 Å². The number of H-pyrrole nitrogens is 1. The number of anilines is 1. The van der Waals surface area contributed by atoms with Crippen LogP contribution in [0.1, 0.15) is 13.8 Å². The SMILES string of the molecule is CCOc1ccc(NC(=O)[C@@H](C)Sc2n[nH]c(-c3ccccc3F)n2)cc1. The standard InChI is InChI=1S/C19H19FN4O2S/c1-3-26-14-10-8-13(9-11-14)21-18(25)12(2)27-19-22-17(23-24-19)15-6-4-5-7-16(15)20/h4-12H,3H2,1-2H3,(H,21,25)(H,22,23,24)/t12-/m1/s1. The normalized spacial score (nSPS) is 11.8. The minimum absolute atomic E-state index is 0.179. The molecule has 140 valence electrons. The second-order valence-electron chi connectivity index (χ2n) is 5.65. The first-order valence-electron chi connectivity index (χ1n) is 8.44. The average Bonchev–Trinajstić information content (AvgIpc) is 3.12. The van der Waals surface area contributed by atoms with E-state index in [1.165, 1.54) is 17.8 Å². The Labute approximate surface area is 160 Å². The van der Waals surface area contributed by atoms with Gasteiger partial charge in [-0.15, -0.1) is 5.10 Å². The van der Waals surface area contributed by atoms with Gasteiger partial charge in [0.2, 0.25) is 11.1 Å². The maximum absolute atomic E-state index is 13.8. The molecule has 0 aliphatic carbocycles. The number of rotatable bonds is 7. The van der Waals surface area contributed by atoms with Crippen LogP contribution < -0.4 is 10.1 Å². The van der Waals surface area contributed by atoms with Crippen LogP contribution in [0.4, 0.5) is 10.1 Å². The molecule has 0 radical (unpaired) electrons. The second kappa shape index (κ2) is 8.68. The summed E-state index contributed by atoms with van der Waals surface area (Å²) in [6.45, 7) is 4.26. The summed E-state index contributed by atoms with van der Waals surface area (Å²) in [5, 5.41) is 9.55. The third-order valence-corrected chi connectivity index (χ3v) is 4.64. The smallest absolute Gasteiger partial charge is 0.237 e. The van der Waals surface area contributed by atoms with Crippen molar-refractivity contribution in [1.82, 2.24) is 15.2 Å². The fraction of sp³-hybridized carbons (Fsp3) is 0.211. The number of amides is 1. The van der Waals surface area contributed by atoms with Gasteiger partial charge in [-0.1, -0.05) is 23.9 Å². The van der Waals surface area contributed by atoms with E-state index in [9.17, 15) is 9.18 Å². The van der Waals surface area contributed by atoms with Gasteiger partial charge in [-0.2, -0.15) is 0 Å². The topological polar surface area (TPSA) is 79.9 Å². The van der Waals surface area contributed by atoms with Crippen molar-refractivity contribution in [2.45, 2.75) is 24.3 Å². The second-order valence-corrected chi connectivity index (χ2v) is 6.96. The quantitative estimate of drug-likeness (QED) is 0.597. The Balaban J connectivity index is 1.61. The number of hydrogen-bond acceptors (Lipinski definition) is 5. The Morgan fingerprint density at radius 2 is 2.00 bits per heavy atom. The Hall–Kier alpha value is -2.87. The highest BCUT2D eigenvalue weighted by atomic mass is 32.2. The Bertz CT molecular complexity index is 914. The van der Waals surface area contributed by atoms with Crippen LogP contribution in [0.25, 0.3) is 11.4 Å². The first-order valence-corrected chi connectivity index (χ1v) is 9.32. The summed E-state index contributed by atoms with van der Waals surface area (Å²) in [6, 6.07) is 13.5. The molecule has 1 amide bonds. The van der Waals surface area contributed by atoms with Gasteiger partial charge in [-0.05, 0) is 50.2 Å². The summed E-state index contributed by atoms with van der Waals surface area (Å²) < 4.78 is 19.2. The maximum atomic E-state index is 13.8. The van der Waals surface area contributed by atoms with E-state index < -0.39 is 5.25 Å². The summed E-state index contributed by atoms with van der Waals surface area (Å²) in [5.74, 6) is 0.516. The molecule has 0 spiro atoms. The van der Waals surface area contributed by atoms with Crippen LogP contribution in [0.15, 0.2) is 53.7 Å². The molecule has 0 bridgehead atoms. The van der Waals surface area contributed by atoms with E-state index in [0.717, 1.165) is 5.75 Å². The van der Waals surface area contributed by atoms with Crippen LogP contribution in [-0.2, 0) is 4.79 Å². The van der Waals surface area contributed by atoms with E-state index >= 15 is 0 Å². The highest BCUT2D eigenvalue weighted by molar-refractivity contribution is 8.00. The van der Waals surface area contributed by atoms with Crippen molar-refractivity contribution in [3.05, 3.63) is 54.3 Å². The van der Waals surface area contributed by atoms with Gasteiger partial charge in [0, 0.05) is 5.69 Å². The highest BCUT2D eigenvalue weighted by Gasteiger charge is 2.18. The molecular formula is C19H19FN4O2S. The fourth-order valence-corrected chi connectivity index (χ4v) is 3.05. The van der Waals surface area contributed by atoms with Crippen molar-refractivity contribution in [2.24, 2.45) is 0 Å². The van der Waals surface area contributed by atoms with E-state index in [2.05, 4.69) is 20.5 Å². The fourth-order valence-electron chi connectivity index (χ4n) is 2.33. The van der Waals surface area contributed by atoms with Crippen LogP contribution >= 0.6 is 11.8 Å². The summed E-state index contributed by atoms with van der Waals surface area (Å²) in [6.07, 6.45) is 0. The predicted octanol–water partition coefficient (Wildman–Crippen LogP) is 4.13. The summed E-state index contributed by atoms with van der Waals surface area (Å²) >= 11 is 1.19. The molecule has 0 aliphatic rings. The number of nitrogens with zero attached hydrogens (tertiary/aromatic N) is 2. The molecule has 2 N–H and O–H groups in total. The van der Waals surface area contributed by atoms with Crippen LogP contribution in [0.5, 0.6) is 5.75 Å². The Morgan fingerprint density at radius 3 is 2.70 bits per heavy atom. The van der Waals surface area contributed by atoms with Crippen molar-refractivity contribution < 1.29 is 13.9 Å². The number of thioether (sulfide) groups is 1. The number of benzene rings is 2. The zero-order valence-electron chi connectivity index (χ0n) is 14.9. The number of aromatic amines is 1. The average molecular weight is 386 g/mol. The number of nitrogens with one attached hydrogen (secondary N) is 2. The molecule has 0 fully saturated rings. The highest BCUT2D eigenvalue weighted by Crippen LogP contribution is 2.25. The molecule has 3 aromatic rings. The van der Waals surface area contributed by atoms with E-state index in [1.807, 2.05) is 6.92 Å². The number of ether oxygens (including phenoxy) is 1. The summed E-state index contributed by atoms with van der Waals surface area (Å²) in [7, 11) is 0. The Kier molecular flexibility index (Phi) is 6.08. The van der Waals surface area contributed by atoms with Crippen molar-refractivity contribution >= 4 is 23.4 Å². The molecule has 27 heavy (non-hydrogen) atoms. The van der Waals surface area contributed by atoms with E-state index in [1.54, 1.807) is 49.4 Å². The van der Waals surface area contributed by atoms with Gasteiger partial charge in [-0.25, -0.2) is 9.37 Å². The molecule has 2 aromatic carbocycles. The van der Waals surface area contributed by atoms with Crippen LogP contribution in [-0.4, -0.2) is 32.9 Å². The van der Waals surface area contributed by atoms with E-state index in [-0.39, 0.29) is 11.7 Å². The lowest BCUT2D eigenvalue weighted by Crippen LogP contribution is -2.22. The molecule has 8 heteroatoms. The zero-order chi connectivity index (χ0) is 19.2. The number of hydrogen-bond donors (Lipinski definition) is 2. The molecular weight excluding hydrogens is 367 g/mol. The van der Waals surface area contributed by atoms with Gasteiger partial charge in [0.1, 0.15) is 11.6 Å².